The van der Waals surface area contributed by atoms with E-state index in [-0.39, 0.29) is 0 Å². The van der Waals surface area contributed by atoms with Gasteiger partial charge in [0.2, 0.25) is 0 Å². The summed E-state index contributed by atoms with van der Waals surface area (Å²) in [6, 6.07) is 2.09. The van der Waals surface area contributed by atoms with Crippen LogP contribution in [-0.2, 0) is 27.1 Å². The molecule has 0 unspecified atom stereocenters. The predicted octanol–water partition coefficient (Wildman–Crippen LogP) is 0.189. The Labute approximate surface area is 101 Å². The molecule has 2 heterocycles. The van der Waals surface area contributed by atoms with Gasteiger partial charge in [-0.05, 0) is 13.0 Å². The fourth-order valence-corrected chi connectivity index (χ4v) is 1.78. The van der Waals surface area contributed by atoms with Gasteiger partial charge in [0.1, 0.15) is 12.2 Å². The number of aromatic nitrogens is 5. The second-order valence-corrected chi connectivity index (χ2v) is 4.19. The van der Waals surface area contributed by atoms with E-state index in [2.05, 4.69) is 26.7 Å². The third-order valence-corrected chi connectivity index (χ3v) is 2.74. The van der Waals surface area contributed by atoms with Crippen LogP contribution in [0.4, 0.5) is 0 Å². The summed E-state index contributed by atoms with van der Waals surface area (Å²) >= 11 is 0. The van der Waals surface area contributed by atoms with E-state index in [1.165, 1.54) is 5.69 Å². The summed E-state index contributed by atoms with van der Waals surface area (Å²) < 4.78 is 3.85. The van der Waals surface area contributed by atoms with Gasteiger partial charge < -0.3 is 9.88 Å². The molecule has 0 radical (unpaired) electrons. The van der Waals surface area contributed by atoms with E-state index >= 15 is 0 Å². The normalized spacial score (nSPS) is 11.0. The lowest BCUT2D eigenvalue weighted by atomic mass is 10.3. The topological polar surface area (TPSA) is 60.6 Å². The van der Waals surface area contributed by atoms with Crippen LogP contribution in [0.3, 0.4) is 0 Å². The van der Waals surface area contributed by atoms with E-state index in [0.29, 0.717) is 0 Å². The third kappa shape index (κ3) is 2.91. The fourth-order valence-electron chi connectivity index (χ4n) is 1.78. The van der Waals surface area contributed by atoms with Gasteiger partial charge in [0.05, 0.1) is 11.4 Å². The van der Waals surface area contributed by atoms with Gasteiger partial charge in [0.15, 0.2) is 0 Å². The Kier molecular flexibility index (Phi) is 3.53. The summed E-state index contributed by atoms with van der Waals surface area (Å²) in [4.78, 5) is 0. The van der Waals surface area contributed by atoms with Crippen LogP contribution in [0.15, 0.2) is 12.4 Å². The van der Waals surface area contributed by atoms with Crippen LogP contribution in [0.1, 0.15) is 17.2 Å². The van der Waals surface area contributed by atoms with E-state index in [1.807, 2.05) is 30.3 Å². The Hall–Kier alpha value is -1.69. The van der Waals surface area contributed by atoms with Gasteiger partial charge in [-0.1, -0.05) is 0 Å². The molecule has 0 amide bonds. The largest absolute Gasteiger partial charge is 0.321 e. The maximum atomic E-state index is 4.30. The van der Waals surface area contributed by atoms with Crippen molar-refractivity contribution in [3.8, 4) is 0 Å². The van der Waals surface area contributed by atoms with Crippen molar-refractivity contribution in [3.63, 3.8) is 0 Å². The molecule has 6 nitrogen and oxygen atoms in total. The molecule has 0 fully saturated rings. The highest BCUT2D eigenvalue weighted by Gasteiger charge is 2.02. The number of aryl methyl sites for hydroxylation is 3. The molecule has 0 spiro atoms. The number of rotatable bonds is 5. The Morgan fingerprint density at radius 3 is 2.76 bits per heavy atom. The SMILES string of the molecule is Cc1cc(CNCCc2nncn2C)n(C)n1. The number of nitrogens with zero attached hydrogens (tertiary/aromatic N) is 5. The van der Waals surface area contributed by atoms with Gasteiger partial charge in [0, 0.05) is 33.6 Å². The lowest BCUT2D eigenvalue weighted by molar-refractivity contribution is 0.610. The smallest absolute Gasteiger partial charge is 0.133 e. The van der Waals surface area contributed by atoms with Crippen molar-refractivity contribution < 1.29 is 0 Å². The van der Waals surface area contributed by atoms with Gasteiger partial charge >= 0.3 is 0 Å². The molecule has 0 aliphatic rings. The highest BCUT2D eigenvalue weighted by Crippen LogP contribution is 2.01. The van der Waals surface area contributed by atoms with Crippen LogP contribution in [0, 0.1) is 6.92 Å². The number of nitrogens with one attached hydrogen (secondary N) is 1. The van der Waals surface area contributed by atoms with E-state index in [4.69, 9.17) is 0 Å². The monoisotopic (exact) mass is 234 g/mol. The maximum Gasteiger partial charge on any atom is 0.133 e. The Bertz CT molecular complexity index is 484. The van der Waals surface area contributed by atoms with Crippen molar-refractivity contribution in [1.29, 1.82) is 0 Å². The molecule has 2 aromatic rings. The molecule has 0 aliphatic carbocycles. The van der Waals surface area contributed by atoms with Crippen molar-refractivity contribution in [2.45, 2.75) is 19.9 Å². The standard InChI is InChI=1S/C11H18N6/c1-9-6-10(17(3)15-9)7-12-5-4-11-14-13-8-16(11)2/h6,8,12H,4-5,7H2,1-3H3. The minimum atomic E-state index is 0.829. The highest BCUT2D eigenvalue weighted by molar-refractivity contribution is 5.08. The molecule has 6 heteroatoms. The molecule has 1 N–H and O–H groups in total. The summed E-state index contributed by atoms with van der Waals surface area (Å²) in [5, 5.41) is 15.6. The second kappa shape index (κ2) is 5.09. The van der Waals surface area contributed by atoms with E-state index in [9.17, 15) is 0 Å². The van der Waals surface area contributed by atoms with Crippen molar-refractivity contribution >= 4 is 0 Å². The first-order valence-corrected chi connectivity index (χ1v) is 5.70. The van der Waals surface area contributed by atoms with Crippen molar-refractivity contribution in [2.24, 2.45) is 14.1 Å². The minimum Gasteiger partial charge on any atom is -0.321 e. The van der Waals surface area contributed by atoms with Crippen LogP contribution in [0.5, 0.6) is 0 Å². The van der Waals surface area contributed by atoms with Crippen molar-refractivity contribution in [2.75, 3.05) is 6.54 Å². The zero-order valence-electron chi connectivity index (χ0n) is 10.5. The maximum absolute atomic E-state index is 4.30. The van der Waals surface area contributed by atoms with Crippen LogP contribution < -0.4 is 5.32 Å². The molecule has 2 aromatic heterocycles. The lowest BCUT2D eigenvalue weighted by Gasteiger charge is -2.04. The molecule has 0 bridgehead atoms. The summed E-state index contributed by atoms with van der Waals surface area (Å²) in [5.74, 6) is 0.999. The summed E-state index contributed by atoms with van der Waals surface area (Å²) in [6.45, 7) is 3.72. The second-order valence-electron chi connectivity index (χ2n) is 4.19. The lowest BCUT2D eigenvalue weighted by Crippen LogP contribution is -2.19. The van der Waals surface area contributed by atoms with Crippen molar-refractivity contribution in [3.05, 3.63) is 29.6 Å². The highest BCUT2D eigenvalue weighted by atomic mass is 15.3. The van der Waals surface area contributed by atoms with Gasteiger partial charge in [-0.2, -0.15) is 5.10 Å². The van der Waals surface area contributed by atoms with E-state index in [1.54, 1.807) is 6.33 Å². The third-order valence-electron chi connectivity index (χ3n) is 2.74. The Balaban J connectivity index is 1.77. The van der Waals surface area contributed by atoms with Crippen LogP contribution in [0.2, 0.25) is 0 Å². The number of hydrogen-bond acceptors (Lipinski definition) is 4. The molecule has 0 aromatic carbocycles. The molecule has 92 valence electrons. The first kappa shape index (κ1) is 11.8. The van der Waals surface area contributed by atoms with E-state index < -0.39 is 0 Å². The number of hydrogen-bond donors (Lipinski definition) is 1. The van der Waals surface area contributed by atoms with Crippen molar-refractivity contribution in [1.82, 2.24) is 29.9 Å². The molecule has 2 rings (SSSR count). The van der Waals surface area contributed by atoms with Gasteiger partial charge in [-0.15, -0.1) is 10.2 Å². The molecular weight excluding hydrogens is 216 g/mol. The van der Waals surface area contributed by atoms with Gasteiger partial charge in [-0.3, -0.25) is 4.68 Å². The summed E-state index contributed by atoms with van der Waals surface area (Å²) in [7, 11) is 3.92. The average molecular weight is 234 g/mol. The zero-order chi connectivity index (χ0) is 12.3. The first-order valence-electron chi connectivity index (χ1n) is 5.70. The fraction of sp³-hybridized carbons (Fsp3) is 0.545. The molecular formula is C11H18N6. The minimum absolute atomic E-state index is 0.829. The quantitative estimate of drug-likeness (QED) is 0.750. The molecule has 0 aliphatic heterocycles. The zero-order valence-corrected chi connectivity index (χ0v) is 10.5. The van der Waals surface area contributed by atoms with Crippen LogP contribution in [0.25, 0.3) is 0 Å². The Morgan fingerprint density at radius 1 is 1.35 bits per heavy atom. The summed E-state index contributed by atoms with van der Waals surface area (Å²) in [6.07, 6.45) is 2.60. The average Bonchev–Trinajstić information content (AvgIpc) is 2.81. The van der Waals surface area contributed by atoms with Crippen LogP contribution in [-0.4, -0.2) is 31.1 Å². The molecule has 17 heavy (non-hydrogen) atoms. The Morgan fingerprint density at radius 2 is 2.18 bits per heavy atom. The molecule has 0 saturated carbocycles. The first-order chi connectivity index (χ1) is 8.16. The molecule has 0 atom stereocenters. The van der Waals surface area contributed by atoms with Gasteiger partial charge in [-0.25, -0.2) is 0 Å². The summed E-state index contributed by atoms with van der Waals surface area (Å²) in [5.41, 5.74) is 2.25. The van der Waals surface area contributed by atoms with Gasteiger partial charge in [0.25, 0.3) is 0 Å². The van der Waals surface area contributed by atoms with E-state index in [0.717, 1.165) is 31.0 Å². The predicted molar refractivity (Wildman–Crippen MR) is 64.4 cm³/mol. The molecule has 0 saturated heterocycles. The van der Waals surface area contributed by atoms with Crippen LogP contribution >= 0.6 is 0 Å².